The van der Waals surface area contributed by atoms with Crippen molar-refractivity contribution in [1.82, 2.24) is 9.88 Å². The van der Waals surface area contributed by atoms with Gasteiger partial charge in [-0.15, -0.1) is 11.3 Å². The maximum Gasteiger partial charge on any atom is 0.229 e. The van der Waals surface area contributed by atoms with Crippen LogP contribution in [0, 0.1) is 11.7 Å². The third-order valence-corrected chi connectivity index (χ3v) is 8.16. The van der Waals surface area contributed by atoms with Crippen molar-refractivity contribution in [1.29, 1.82) is 0 Å². The maximum atomic E-state index is 13.4. The third-order valence-electron chi connectivity index (χ3n) is 7.24. The molecule has 10 heteroatoms. The first-order valence-corrected chi connectivity index (χ1v) is 14.7. The zero-order valence-electron chi connectivity index (χ0n) is 23.1. The average Bonchev–Trinajstić information content (AvgIpc) is 3.41. The maximum absolute atomic E-state index is 13.4. The summed E-state index contributed by atoms with van der Waals surface area (Å²) in [7, 11) is 1.64. The Hall–Kier alpha value is -3.73. The van der Waals surface area contributed by atoms with Gasteiger partial charge in [-0.25, -0.2) is 9.37 Å². The number of benzene rings is 3. The first-order chi connectivity index (χ1) is 20.0. The minimum absolute atomic E-state index is 0.140. The highest BCUT2D eigenvalue weighted by molar-refractivity contribution is 7.15. The highest BCUT2D eigenvalue weighted by Gasteiger charge is 2.18. The Morgan fingerprint density at radius 3 is 2.76 bits per heavy atom. The number of halogens is 1. The molecule has 4 aromatic rings. The summed E-state index contributed by atoms with van der Waals surface area (Å²) in [6.45, 7) is 3.92. The smallest absolute Gasteiger partial charge is 0.229 e. The summed E-state index contributed by atoms with van der Waals surface area (Å²) >= 11 is 1.39. The molecule has 41 heavy (non-hydrogen) atoms. The molecule has 5 rings (SSSR count). The predicted octanol–water partition coefficient (Wildman–Crippen LogP) is 5.84. The van der Waals surface area contributed by atoms with Crippen LogP contribution >= 0.6 is 11.3 Å². The van der Waals surface area contributed by atoms with E-state index in [-0.39, 0.29) is 12.3 Å². The number of nitrogens with one attached hydrogen (secondary N) is 2. The number of fused-ring (bicyclic) bond motifs is 1. The van der Waals surface area contributed by atoms with Crippen LogP contribution in [0.4, 0.5) is 20.9 Å². The second-order valence-corrected chi connectivity index (χ2v) is 11.3. The lowest BCUT2D eigenvalue weighted by molar-refractivity contribution is -0.115. The van der Waals surface area contributed by atoms with Crippen LogP contribution in [0.5, 0.6) is 11.5 Å². The molecule has 0 aliphatic carbocycles. The van der Waals surface area contributed by atoms with Crippen molar-refractivity contribution in [3.8, 4) is 11.5 Å². The van der Waals surface area contributed by atoms with Crippen LogP contribution in [0.15, 0.2) is 60.8 Å². The molecule has 0 spiro atoms. The summed E-state index contributed by atoms with van der Waals surface area (Å²) in [5.41, 5.74) is 1.29. The minimum atomic E-state index is -0.400. The highest BCUT2D eigenvalue weighted by atomic mass is 32.1. The fourth-order valence-corrected chi connectivity index (χ4v) is 5.84. The van der Waals surface area contributed by atoms with Crippen molar-refractivity contribution in [3.05, 3.63) is 71.5 Å². The summed E-state index contributed by atoms with van der Waals surface area (Å²) in [5, 5.41) is 18.0. The number of aromatic nitrogens is 1. The number of piperidine rings is 1. The monoisotopic (exact) mass is 578 g/mol. The van der Waals surface area contributed by atoms with Gasteiger partial charge in [-0.3, -0.25) is 4.79 Å². The van der Waals surface area contributed by atoms with E-state index in [1.54, 1.807) is 25.4 Å². The zero-order chi connectivity index (χ0) is 28.6. The molecule has 1 aromatic heterocycles. The van der Waals surface area contributed by atoms with Crippen molar-refractivity contribution in [3.63, 3.8) is 0 Å². The van der Waals surface area contributed by atoms with E-state index >= 15 is 0 Å². The number of aliphatic hydroxyl groups is 1. The van der Waals surface area contributed by atoms with E-state index in [0.29, 0.717) is 41.4 Å². The summed E-state index contributed by atoms with van der Waals surface area (Å²) in [6, 6.07) is 15.8. The van der Waals surface area contributed by atoms with Gasteiger partial charge in [-0.05, 0) is 80.1 Å². The number of methoxy groups -OCH3 is 1. The van der Waals surface area contributed by atoms with Gasteiger partial charge >= 0.3 is 0 Å². The molecule has 0 unspecified atom stereocenters. The Kier molecular flexibility index (Phi) is 9.66. The number of likely N-dealkylation sites (tertiary alicyclic amines) is 1. The van der Waals surface area contributed by atoms with Crippen molar-refractivity contribution in [2.24, 2.45) is 5.92 Å². The Bertz CT molecular complexity index is 1470. The van der Waals surface area contributed by atoms with Gasteiger partial charge in [0, 0.05) is 41.0 Å². The first-order valence-electron chi connectivity index (χ1n) is 13.8. The van der Waals surface area contributed by atoms with Crippen molar-refractivity contribution in [2.75, 3.05) is 50.6 Å². The van der Waals surface area contributed by atoms with Gasteiger partial charge in [-0.1, -0.05) is 18.2 Å². The number of hydrogen-bond acceptors (Lipinski definition) is 8. The molecule has 0 atom stereocenters. The minimum Gasteiger partial charge on any atom is -0.493 e. The molecule has 2 heterocycles. The van der Waals surface area contributed by atoms with Crippen LogP contribution in [0.2, 0.25) is 0 Å². The number of rotatable bonds is 12. The molecule has 3 aromatic carbocycles. The number of nitrogens with zero attached hydrogens (tertiary/aromatic N) is 2. The molecule has 0 saturated carbocycles. The van der Waals surface area contributed by atoms with E-state index in [9.17, 15) is 14.3 Å². The molecule has 1 aliphatic rings. The van der Waals surface area contributed by atoms with Gasteiger partial charge in [0.05, 0.1) is 20.1 Å². The molecule has 1 amide bonds. The molecule has 1 fully saturated rings. The van der Waals surface area contributed by atoms with Gasteiger partial charge in [0.15, 0.2) is 16.6 Å². The lowest BCUT2D eigenvalue weighted by atomic mass is 9.98. The normalized spacial score (nSPS) is 14.2. The number of carbonyl (C=O) groups is 1. The first kappa shape index (κ1) is 28.8. The van der Waals surface area contributed by atoms with E-state index in [1.807, 2.05) is 30.3 Å². The van der Waals surface area contributed by atoms with Gasteiger partial charge in [-0.2, -0.15) is 0 Å². The summed E-state index contributed by atoms with van der Waals surface area (Å²) in [4.78, 5) is 20.1. The lowest BCUT2D eigenvalue weighted by Crippen LogP contribution is -2.35. The summed E-state index contributed by atoms with van der Waals surface area (Å²) in [6.07, 6.45) is 4.84. The second kappa shape index (κ2) is 13.8. The topological polar surface area (TPSA) is 96.0 Å². The molecule has 0 bridgehead atoms. The van der Waals surface area contributed by atoms with Crippen LogP contribution in [0.25, 0.3) is 10.8 Å². The molecule has 1 aliphatic heterocycles. The molecule has 1 saturated heterocycles. The Morgan fingerprint density at radius 2 is 1.98 bits per heavy atom. The third kappa shape index (κ3) is 7.72. The van der Waals surface area contributed by atoms with Crippen LogP contribution in [0.1, 0.15) is 24.1 Å². The van der Waals surface area contributed by atoms with Gasteiger partial charge < -0.3 is 30.1 Å². The van der Waals surface area contributed by atoms with E-state index < -0.39 is 5.82 Å². The molecular formula is C31H35FN4O4S. The summed E-state index contributed by atoms with van der Waals surface area (Å²) < 4.78 is 25.2. The SMILES string of the molecule is COc1cc2c(Nc3ncc(CC(=O)Nc4cccc(F)c4)s3)cccc2cc1OCCCN1CCC(CO)CC1. The largest absolute Gasteiger partial charge is 0.493 e. The van der Waals surface area contributed by atoms with Crippen molar-refractivity contribution in [2.45, 2.75) is 25.7 Å². The highest BCUT2D eigenvalue weighted by Crippen LogP contribution is 2.37. The van der Waals surface area contributed by atoms with Crippen molar-refractivity contribution >= 4 is 44.5 Å². The fraction of sp³-hybridized carbons (Fsp3) is 0.355. The van der Waals surface area contributed by atoms with Crippen LogP contribution in [-0.2, 0) is 11.2 Å². The van der Waals surface area contributed by atoms with Gasteiger partial charge in [0.25, 0.3) is 0 Å². The van der Waals surface area contributed by atoms with E-state index in [0.717, 1.165) is 60.2 Å². The number of hydrogen-bond donors (Lipinski definition) is 3. The second-order valence-electron chi connectivity index (χ2n) is 10.2. The number of aliphatic hydroxyl groups excluding tert-OH is 1. The number of thiazole rings is 1. The Balaban J connectivity index is 1.19. The number of amides is 1. The van der Waals surface area contributed by atoms with Crippen molar-refractivity contribution < 1.29 is 23.8 Å². The average molecular weight is 579 g/mol. The molecule has 0 radical (unpaired) electrons. The number of ether oxygens (including phenoxy) is 2. The van der Waals surface area contributed by atoms with E-state index in [4.69, 9.17) is 9.47 Å². The molecule has 3 N–H and O–H groups in total. The zero-order valence-corrected chi connectivity index (χ0v) is 23.9. The quantitative estimate of drug-likeness (QED) is 0.182. The van der Waals surface area contributed by atoms with Crippen LogP contribution < -0.4 is 20.1 Å². The standard InChI is InChI=1S/C31H35FN4O4S/c1-39-28-18-26-22(15-29(28)40-14-4-11-36-12-9-21(20-37)10-13-36)5-2-8-27(26)35-31-33-19-25(41-31)17-30(38)34-24-7-3-6-23(32)16-24/h2-3,5-8,15-16,18-19,21,37H,4,9-14,17,20H2,1H3,(H,33,35)(H,34,38). The number of carbonyl (C=O) groups excluding carboxylic acids is 1. The predicted molar refractivity (Wildman–Crippen MR) is 161 cm³/mol. The molecule has 8 nitrogen and oxygen atoms in total. The Labute approximate surface area is 243 Å². The summed E-state index contributed by atoms with van der Waals surface area (Å²) in [5.74, 6) is 1.17. The van der Waals surface area contributed by atoms with Crippen LogP contribution in [-0.4, -0.2) is 60.9 Å². The van der Waals surface area contributed by atoms with Gasteiger partial charge in [0.2, 0.25) is 5.91 Å². The molecular weight excluding hydrogens is 543 g/mol. The molecule has 216 valence electrons. The van der Waals surface area contributed by atoms with Crippen LogP contribution in [0.3, 0.4) is 0 Å². The lowest BCUT2D eigenvalue weighted by Gasteiger charge is -2.30. The Morgan fingerprint density at radius 1 is 1.15 bits per heavy atom. The fourth-order valence-electron chi connectivity index (χ4n) is 5.02. The number of anilines is 3. The van der Waals surface area contributed by atoms with E-state index in [1.165, 1.54) is 23.5 Å². The van der Waals surface area contributed by atoms with Gasteiger partial charge in [0.1, 0.15) is 5.82 Å². The van der Waals surface area contributed by atoms with E-state index in [2.05, 4.69) is 20.5 Å².